The Hall–Kier alpha value is -1.19. The van der Waals surface area contributed by atoms with Crippen molar-refractivity contribution >= 4 is 17.5 Å². The number of rotatable bonds is 16. The summed E-state index contributed by atoms with van der Waals surface area (Å²) < 4.78 is 5.00. The maximum Gasteiger partial charge on any atom is 0.316 e. The molecular formula is C24H42O4. The Morgan fingerprint density at radius 2 is 1.64 bits per heavy atom. The molecule has 0 saturated heterocycles. The molecule has 4 nitrogen and oxygen atoms in total. The zero-order chi connectivity index (χ0) is 20.8. The first-order chi connectivity index (χ1) is 13.5. The average Bonchev–Trinajstić information content (AvgIpc) is 3.02. The zero-order valence-corrected chi connectivity index (χ0v) is 18.5. The first-order valence-electron chi connectivity index (χ1n) is 11.8. The molecule has 0 spiro atoms. The van der Waals surface area contributed by atoms with E-state index < -0.39 is 5.92 Å². The number of carbonyl (C=O) groups is 3. The summed E-state index contributed by atoms with van der Waals surface area (Å²) in [4.78, 5) is 36.4. The third-order valence-electron chi connectivity index (χ3n) is 6.23. The minimum absolute atomic E-state index is 0.0117. The molecule has 0 aromatic carbocycles. The van der Waals surface area contributed by atoms with E-state index in [0.29, 0.717) is 31.1 Å². The number of Topliss-reactive ketones (excluding diaryl/α,β-unsaturated/α-hetero) is 2. The molecule has 3 atom stereocenters. The Bertz CT molecular complexity index is 471. The molecule has 0 amide bonds. The van der Waals surface area contributed by atoms with Crippen molar-refractivity contribution in [3.8, 4) is 0 Å². The minimum Gasteiger partial charge on any atom is -0.465 e. The van der Waals surface area contributed by atoms with Crippen LogP contribution in [0.25, 0.3) is 0 Å². The number of ketones is 2. The molecule has 1 aliphatic carbocycles. The summed E-state index contributed by atoms with van der Waals surface area (Å²) in [6, 6.07) is 0. The van der Waals surface area contributed by atoms with Crippen molar-refractivity contribution in [3.63, 3.8) is 0 Å². The van der Waals surface area contributed by atoms with E-state index in [1.54, 1.807) is 6.92 Å². The molecular weight excluding hydrogens is 352 g/mol. The van der Waals surface area contributed by atoms with Crippen LogP contribution in [0.15, 0.2) is 0 Å². The fourth-order valence-electron chi connectivity index (χ4n) is 4.51. The van der Waals surface area contributed by atoms with Gasteiger partial charge in [-0.05, 0) is 44.9 Å². The van der Waals surface area contributed by atoms with Crippen LogP contribution in [-0.2, 0) is 19.1 Å². The lowest BCUT2D eigenvalue weighted by atomic mass is 9.86. The third-order valence-corrected chi connectivity index (χ3v) is 6.23. The first-order valence-corrected chi connectivity index (χ1v) is 11.8. The number of hydrogen-bond acceptors (Lipinski definition) is 4. The van der Waals surface area contributed by atoms with Gasteiger partial charge in [0.2, 0.25) is 0 Å². The Labute approximate surface area is 172 Å². The van der Waals surface area contributed by atoms with Crippen LogP contribution < -0.4 is 0 Å². The summed E-state index contributed by atoms with van der Waals surface area (Å²) in [5.74, 6) is 0.172. The monoisotopic (exact) mass is 394 g/mol. The molecule has 1 rings (SSSR count). The summed E-state index contributed by atoms with van der Waals surface area (Å²) in [5, 5.41) is 0. The number of hydrogen-bond donors (Lipinski definition) is 0. The van der Waals surface area contributed by atoms with Gasteiger partial charge in [-0.2, -0.15) is 0 Å². The van der Waals surface area contributed by atoms with E-state index in [9.17, 15) is 14.4 Å². The van der Waals surface area contributed by atoms with Crippen molar-refractivity contribution in [2.75, 3.05) is 6.61 Å². The normalized spacial score (nSPS) is 20.3. The Kier molecular flexibility index (Phi) is 13.1. The molecule has 1 fully saturated rings. The lowest BCUT2D eigenvalue weighted by Crippen LogP contribution is -2.25. The van der Waals surface area contributed by atoms with E-state index in [1.807, 2.05) is 6.92 Å². The average molecular weight is 395 g/mol. The van der Waals surface area contributed by atoms with Crippen LogP contribution in [0.5, 0.6) is 0 Å². The zero-order valence-electron chi connectivity index (χ0n) is 18.5. The van der Waals surface area contributed by atoms with Gasteiger partial charge in [0, 0.05) is 18.8 Å². The van der Waals surface area contributed by atoms with E-state index in [1.165, 1.54) is 44.9 Å². The predicted octanol–water partition coefficient (Wildman–Crippen LogP) is 6.05. The molecule has 0 aromatic rings. The van der Waals surface area contributed by atoms with Gasteiger partial charge in [0.25, 0.3) is 0 Å². The Balaban J connectivity index is 2.28. The van der Waals surface area contributed by atoms with Crippen LogP contribution in [0, 0.1) is 17.8 Å². The van der Waals surface area contributed by atoms with Crippen molar-refractivity contribution in [2.24, 2.45) is 17.8 Å². The number of ether oxygens (including phenoxy) is 1. The highest BCUT2D eigenvalue weighted by Crippen LogP contribution is 2.36. The van der Waals surface area contributed by atoms with Crippen LogP contribution >= 0.6 is 0 Å². The Morgan fingerprint density at radius 3 is 2.32 bits per heavy atom. The van der Waals surface area contributed by atoms with E-state index in [4.69, 9.17) is 4.74 Å². The highest BCUT2D eigenvalue weighted by molar-refractivity contribution is 5.98. The summed E-state index contributed by atoms with van der Waals surface area (Å²) >= 11 is 0. The first kappa shape index (κ1) is 24.8. The highest BCUT2D eigenvalue weighted by atomic mass is 16.5. The van der Waals surface area contributed by atoms with E-state index in [-0.39, 0.29) is 17.7 Å². The molecule has 0 heterocycles. The fraction of sp³-hybridized carbons (Fsp3) is 0.875. The molecule has 4 heteroatoms. The van der Waals surface area contributed by atoms with Gasteiger partial charge in [-0.15, -0.1) is 0 Å². The molecule has 28 heavy (non-hydrogen) atoms. The van der Waals surface area contributed by atoms with Gasteiger partial charge in [-0.25, -0.2) is 0 Å². The van der Waals surface area contributed by atoms with Crippen molar-refractivity contribution in [3.05, 3.63) is 0 Å². The van der Waals surface area contributed by atoms with Gasteiger partial charge >= 0.3 is 5.97 Å². The lowest BCUT2D eigenvalue weighted by Gasteiger charge is -2.18. The van der Waals surface area contributed by atoms with Gasteiger partial charge in [0.1, 0.15) is 17.5 Å². The van der Waals surface area contributed by atoms with Crippen LogP contribution in [-0.4, -0.2) is 24.1 Å². The molecule has 162 valence electrons. The van der Waals surface area contributed by atoms with Crippen LogP contribution in [0.4, 0.5) is 0 Å². The van der Waals surface area contributed by atoms with Gasteiger partial charge < -0.3 is 4.74 Å². The van der Waals surface area contributed by atoms with E-state index in [2.05, 4.69) is 6.92 Å². The summed E-state index contributed by atoms with van der Waals surface area (Å²) in [6.07, 6.45) is 14.3. The molecule has 0 aliphatic heterocycles. The standard InChI is InChI=1S/C24H42O4/c1-4-7-8-9-10-11-14-19-17-18-23(26)21(19)15-12-13-16-22(25)20(5-2)24(27)28-6-3/h19-21H,4-18H2,1-3H3/t19-,20?,21+/m0/s1. The van der Waals surface area contributed by atoms with Gasteiger partial charge in [0.05, 0.1) is 6.61 Å². The number of esters is 1. The second-order valence-corrected chi connectivity index (χ2v) is 8.35. The topological polar surface area (TPSA) is 60.4 Å². The van der Waals surface area contributed by atoms with Gasteiger partial charge in [0.15, 0.2) is 0 Å². The van der Waals surface area contributed by atoms with Crippen molar-refractivity contribution in [1.29, 1.82) is 0 Å². The van der Waals surface area contributed by atoms with E-state index in [0.717, 1.165) is 32.1 Å². The molecule has 1 unspecified atom stereocenters. The highest BCUT2D eigenvalue weighted by Gasteiger charge is 2.33. The molecule has 0 aromatic heterocycles. The molecule has 0 bridgehead atoms. The van der Waals surface area contributed by atoms with Crippen LogP contribution in [0.2, 0.25) is 0 Å². The van der Waals surface area contributed by atoms with Crippen LogP contribution in [0.1, 0.15) is 111 Å². The smallest absolute Gasteiger partial charge is 0.316 e. The van der Waals surface area contributed by atoms with E-state index >= 15 is 0 Å². The number of unbranched alkanes of at least 4 members (excludes halogenated alkanes) is 6. The third kappa shape index (κ3) is 8.87. The van der Waals surface area contributed by atoms with Crippen LogP contribution in [0.3, 0.4) is 0 Å². The van der Waals surface area contributed by atoms with Gasteiger partial charge in [-0.3, -0.25) is 14.4 Å². The maximum atomic E-state index is 12.3. The fourth-order valence-corrected chi connectivity index (χ4v) is 4.51. The van der Waals surface area contributed by atoms with Crippen molar-refractivity contribution in [2.45, 2.75) is 111 Å². The van der Waals surface area contributed by atoms with Gasteiger partial charge in [-0.1, -0.05) is 58.8 Å². The molecule has 1 saturated carbocycles. The largest absolute Gasteiger partial charge is 0.465 e. The van der Waals surface area contributed by atoms with Crippen molar-refractivity contribution < 1.29 is 19.1 Å². The lowest BCUT2D eigenvalue weighted by molar-refractivity contribution is -0.151. The second kappa shape index (κ2) is 14.8. The quantitative estimate of drug-likeness (QED) is 0.182. The summed E-state index contributed by atoms with van der Waals surface area (Å²) in [5.41, 5.74) is 0. The van der Waals surface area contributed by atoms with Crippen molar-refractivity contribution in [1.82, 2.24) is 0 Å². The maximum absolute atomic E-state index is 12.3. The Morgan fingerprint density at radius 1 is 0.964 bits per heavy atom. The summed E-state index contributed by atoms with van der Waals surface area (Å²) in [6.45, 7) is 6.16. The summed E-state index contributed by atoms with van der Waals surface area (Å²) in [7, 11) is 0. The second-order valence-electron chi connectivity index (χ2n) is 8.35. The molecule has 1 aliphatic rings. The number of carbonyl (C=O) groups excluding carboxylic acids is 3. The molecule has 0 radical (unpaired) electrons. The predicted molar refractivity (Wildman–Crippen MR) is 113 cm³/mol. The minimum atomic E-state index is -0.617. The SMILES string of the molecule is CCCCCCCC[C@H]1CCC(=O)[C@@H]1CCCCC(=O)C(CC)C(=O)OCC. The molecule has 0 N–H and O–H groups in total.